The molecule has 0 bridgehead atoms. The number of halogens is 2. The first-order valence-electron chi connectivity index (χ1n) is 7.58. The van der Waals surface area contributed by atoms with E-state index in [-0.39, 0.29) is 17.4 Å². The Kier molecular flexibility index (Phi) is 3.89. The van der Waals surface area contributed by atoms with Crippen LogP contribution in [0.15, 0.2) is 28.9 Å². The smallest absolute Gasteiger partial charge is 0.124 e. The molecule has 1 aliphatic carbocycles. The molecule has 0 aliphatic heterocycles. The molecule has 1 unspecified atom stereocenters. The van der Waals surface area contributed by atoms with Gasteiger partial charge in [-0.2, -0.15) is 5.10 Å². The minimum atomic E-state index is -0.259. The van der Waals surface area contributed by atoms with Crippen molar-refractivity contribution in [3.8, 4) is 11.3 Å². The van der Waals surface area contributed by atoms with Gasteiger partial charge in [-0.3, -0.25) is 4.68 Å². The van der Waals surface area contributed by atoms with Gasteiger partial charge in [0.2, 0.25) is 0 Å². The first kappa shape index (κ1) is 15.7. The lowest BCUT2D eigenvalue weighted by molar-refractivity contribution is 0.359. The van der Waals surface area contributed by atoms with Gasteiger partial charge < -0.3 is 5.73 Å². The monoisotopic (exact) mass is 365 g/mol. The number of benzene rings is 1. The number of hydrogen-bond acceptors (Lipinski definition) is 2. The summed E-state index contributed by atoms with van der Waals surface area (Å²) in [5.41, 5.74) is 9.22. The fourth-order valence-corrected chi connectivity index (χ4v) is 3.31. The van der Waals surface area contributed by atoms with Crippen molar-refractivity contribution in [3.63, 3.8) is 0 Å². The second-order valence-electron chi connectivity index (χ2n) is 7.02. The Bertz CT molecular complexity index is 698. The van der Waals surface area contributed by atoms with Crippen molar-refractivity contribution in [2.24, 2.45) is 11.7 Å². The molecule has 2 aromatic rings. The molecule has 5 heteroatoms. The Morgan fingerprint density at radius 3 is 2.59 bits per heavy atom. The van der Waals surface area contributed by atoms with E-state index in [1.165, 1.54) is 25.0 Å². The largest absolute Gasteiger partial charge is 0.324 e. The molecule has 0 spiro atoms. The maximum atomic E-state index is 13.4. The molecule has 1 saturated carbocycles. The molecule has 0 amide bonds. The maximum Gasteiger partial charge on any atom is 0.124 e. The number of hydrogen-bond donors (Lipinski definition) is 1. The quantitative estimate of drug-likeness (QED) is 0.862. The molecule has 22 heavy (non-hydrogen) atoms. The molecule has 2 N–H and O–H groups in total. The maximum absolute atomic E-state index is 13.4. The minimum Gasteiger partial charge on any atom is -0.324 e. The molecule has 0 saturated heterocycles. The van der Waals surface area contributed by atoms with Gasteiger partial charge in [0, 0.05) is 21.6 Å². The summed E-state index contributed by atoms with van der Waals surface area (Å²) in [5, 5.41) is 4.58. The summed E-state index contributed by atoms with van der Waals surface area (Å²) in [5.74, 6) is 0.279. The van der Waals surface area contributed by atoms with E-state index in [4.69, 9.17) is 5.73 Å². The predicted molar refractivity (Wildman–Crippen MR) is 90.0 cm³/mol. The predicted octanol–water partition coefficient (Wildman–Crippen LogP) is 4.62. The average Bonchev–Trinajstić information content (AvgIpc) is 3.16. The zero-order valence-electron chi connectivity index (χ0n) is 13.1. The van der Waals surface area contributed by atoms with Crippen LogP contribution in [-0.4, -0.2) is 9.78 Å². The molecule has 118 valence electrons. The van der Waals surface area contributed by atoms with Gasteiger partial charge in [-0.15, -0.1) is 0 Å². The first-order valence-corrected chi connectivity index (χ1v) is 8.37. The van der Waals surface area contributed by atoms with E-state index in [1.54, 1.807) is 6.07 Å². The highest BCUT2D eigenvalue weighted by Crippen LogP contribution is 2.44. The molecule has 0 radical (unpaired) electrons. The van der Waals surface area contributed by atoms with Crippen LogP contribution >= 0.6 is 15.9 Å². The van der Waals surface area contributed by atoms with E-state index in [0.717, 1.165) is 21.3 Å². The highest BCUT2D eigenvalue weighted by Gasteiger charge is 2.34. The molecule has 3 nitrogen and oxygen atoms in total. The first-order chi connectivity index (χ1) is 10.3. The van der Waals surface area contributed by atoms with Crippen LogP contribution < -0.4 is 5.73 Å². The number of nitrogens with two attached hydrogens (primary N) is 1. The second-order valence-corrected chi connectivity index (χ2v) is 7.87. The van der Waals surface area contributed by atoms with Crippen molar-refractivity contribution in [1.29, 1.82) is 0 Å². The minimum absolute atomic E-state index is 0.0111. The average molecular weight is 366 g/mol. The van der Waals surface area contributed by atoms with E-state index < -0.39 is 0 Å². The topological polar surface area (TPSA) is 43.8 Å². The number of rotatable bonds is 3. The third-order valence-electron chi connectivity index (χ3n) is 4.11. The molecule has 1 atom stereocenters. The number of aromatic nitrogens is 2. The van der Waals surface area contributed by atoms with Crippen LogP contribution in [0.25, 0.3) is 11.3 Å². The highest BCUT2D eigenvalue weighted by molar-refractivity contribution is 9.10. The van der Waals surface area contributed by atoms with Crippen molar-refractivity contribution in [3.05, 3.63) is 40.2 Å². The van der Waals surface area contributed by atoms with Crippen LogP contribution in [0.5, 0.6) is 0 Å². The van der Waals surface area contributed by atoms with E-state index in [0.29, 0.717) is 5.92 Å². The van der Waals surface area contributed by atoms with Gasteiger partial charge in [-0.1, -0.05) is 0 Å². The zero-order valence-corrected chi connectivity index (χ0v) is 14.7. The summed E-state index contributed by atoms with van der Waals surface area (Å²) in [4.78, 5) is 0. The lowest BCUT2D eigenvalue weighted by Gasteiger charge is -2.24. The van der Waals surface area contributed by atoms with Gasteiger partial charge in [0.05, 0.1) is 17.4 Å². The number of nitrogens with zero attached hydrogens (tertiary/aromatic N) is 2. The van der Waals surface area contributed by atoms with Crippen LogP contribution in [0.1, 0.15) is 45.2 Å². The van der Waals surface area contributed by atoms with Crippen molar-refractivity contribution >= 4 is 15.9 Å². The fourth-order valence-electron chi connectivity index (χ4n) is 2.77. The lowest BCUT2D eigenvalue weighted by Crippen LogP contribution is -2.25. The highest BCUT2D eigenvalue weighted by atomic mass is 79.9. The van der Waals surface area contributed by atoms with E-state index >= 15 is 0 Å². The third kappa shape index (κ3) is 2.84. The zero-order chi connectivity index (χ0) is 16.1. The summed E-state index contributed by atoms with van der Waals surface area (Å²) in [7, 11) is 0. The molecular formula is C17H21BrFN3. The van der Waals surface area contributed by atoms with Gasteiger partial charge >= 0.3 is 0 Å². The van der Waals surface area contributed by atoms with Crippen molar-refractivity contribution in [2.45, 2.75) is 45.2 Å². The molecule has 1 aromatic heterocycles. The Balaban J connectivity index is 2.19. The normalized spacial score (nSPS) is 16.8. The SMILES string of the molecule is CC(C)(C)n1ncc(C(N)C2CC2)c1-c1ccc(F)cc1Br. The molecule has 1 fully saturated rings. The summed E-state index contributed by atoms with van der Waals surface area (Å²) < 4.78 is 16.2. The molecule has 3 rings (SSSR count). The second kappa shape index (κ2) is 5.46. The standard InChI is InChI=1S/C17H21BrFN3/c1-17(2,3)22-16(12-7-6-11(19)8-14(12)18)13(9-21-22)15(20)10-4-5-10/h6-10,15H,4-5,20H2,1-3H3. The Labute approximate surface area is 138 Å². The van der Waals surface area contributed by atoms with Crippen LogP contribution in [0, 0.1) is 11.7 Å². The molecular weight excluding hydrogens is 345 g/mol. The van der Waals surface area contributed by atoms with Gasteiger partial charge in [0.1, 0.15) is 5.82 Å². The van der Waals surface area contributed by atoms with Crippen LogP contribution in [0.2, 0.25) is 0 Å². The molecule has 1 aliphatic rings. The third-order valence-corrected chi connectivity index (χ3v) is 4.76. The van der Waals surface area contributed by atoms with Gasteiger partial charge in [-0.05, 0) is 73.7 Å². The Morgan fingerprint density at radius 1 is 1.36 bits per heavy atom. The van der Waals surface area contributed by atoms with Gasteiger partial charge in [-0.25, -0.2) is 4.39 Å². The van der Waals surface area contributed by atoms with Crippen molar-refractivity contribution < 1.29 is 4.39 Å². The van der Waals surface area contributed by atoms with Crippen molar-refractivity contribution in [1.82, 2.24) is 9.78 Å². The summed E-state index contributed by atoms with van der Waals surface area (Å²) in [6.45, 7) is 6.31. The van der Waals surface area contributed by atoms with Gasteiger partial charge in [0.15, 0.2) is 0 Å². The summed E-state index contributed by atoms with van der Waals surface area (Å²) in [6, 6.07) is 4.75. The van der Waals surface area contributed by atoms with E-state index in [9.17, 15) is 4.39 Å². The van der Waals surface area contributed by atoms with Crippen LogP contribution in [0.4, 0.5) is 4.39 Å². The van der Waals surface area contributed by atoms with E-state index in [2.05, 4.69) is 41.8 Å². The molecule has 1 heterocycles. The molecule has 1 aromatic carbocycles. The Hall–Kier alpha value is -1.20. The Morgan fingerprint density at radius 2 is 2.05 bits per heavy atom. The van der Waals surface area contributed by atoms with E-state index in [1.807, 2.05) is 10.9 Å². The van der Waals surface area contributed by atoms with Crippen LogP contribution in [-0.2, 0) is 5.54 Å². The van der Waals surface area contributed by atoms with Crippen LogP contribution in [0.3, 0.4) is 0 Å². The fraction of sp³-hybridized carbons (Fsp3) is 0.471. The van der Waals surface area contributed by atoms with Crippen molar-refractivity contribution in [2.75, 3.05) is 0 Å². The van der Waals surface area contributed by atoms with Gasteiger partial charge in [0.25, 0.3) is 0 Å². The summed E-state index contributed by atoms with van der Waals surface area (Å²) >= 11 is 3.48. The summed E-state index contributed by atoms with van der Waals surface area (Å²) in [6.07, 6.45) is 4.22. The lowest BCUT2D eigenvalue weighted by atomic mass is 9.98.